The predicted molar refractivity (Wildman–Crippen MR) is 82.6 cm³/mol. The maximum atomic E-state index is 12.9. The van der Waals surface area contributed by atoms with Crippen LogP contribution in [0.3, 0.4) is 0 Å². The quantitative estimate of drug-likeness (QED) is 0.884. The standard InChI is InChI=1S/C17H20FN3/c1-21(12-13-2-4-15(18)5-3-13)17-10-14(8-9-19-17)11-20-16-6-7-16/h2-5,8-10,16,20H,6-7,11-12H2,1H3. The van der Waals surface area contributed by atoms with Crippen LogP contribution in [0, 0.1) is 5.82 Å². The van der Waals surface area contributed by atoms with E-state index in [1.54, 1.807) is 0 Å². The van der Waals surface area contributed by atoms with E-state index in [0.717, 1.165) is 17.9 Å². The van der Waals surface area contributed by atoms with Gasteiger partial charge in [0, 0.05) is 32.4 Å². The van der Waals surface area contributed by atoms with Gasteiger partial charge in [0.2, 0.25) is 0 Å². The van der Waals surface area contributed by atoms with Gasteiger partial charge in [0.1, 0.15) is 11.6 Å². The number of rotatable bonds is 6. The number of anilines is 1. The minimum atomic E-state index is -0.201. The van der Waals surface area contributed by atoms with E-state index in [0.29, 0.717) is 12.6 Å². The summed E-state index contributed by atoms with van der Waals surface area (Å²) in [7, 11) is 2.00. The SMILES string of the molecule is CN(Cc1ccc(F)cc1)c1cc(CNC2CC2)ccn1. The molecule has 0 amide bonds. The minimum Gasteiger partial charge on any atom is -0.355 e. The first-order chi connectivity index (χ1) is 10.2. The van der Waals surface area contributed by atoms with Crippen molar-refractivity contribution in [1.29, 1.82) is 0 Å². The molecule has 4 heteroatoms. The van der Waals surface area contributed by atoms with Crippen molar-refractivity contribution < 1.29 is 4.39 Å². The maximum Gasteiger partial charge on any atom is 0.128 e. The second kappa shape index (κ2) is 6.22. The number of nitrogens with zero attached hydrogens (tertiary/aromatic N) is 2. The van der Waals surface area contributed by atoms with Gasteiger partial charge in [-0.05, 0) is 48.2 Å². The zero-order chi connectivity index (χ0) is 14.7. The van der Waals surface area contributed by atoms with Crippen LogP contribution in [0.2, 0.25) is 0 Å². The highest BCUT2D eigenvalue weighted by Gasteiger charge is 2.20. The van der Waals surface area contributed by atoms with Gasteiger partial charge in [-0.15, -0.1) is 0 Å². The Labute approximate surface area is 124 Å². The van der Waals surface area contributed by atoms with E-state index in [-0.39, 0.29) is 5.82 Å². The highest BCUT2D eigenvalue weighted by atomic mass is 19.1. The first-order valence-corrected chi connectivity index (χ1v) is 7.34. The van der Waals surface area contributed by atoms with Crippen LogP contribution in [0.1, 0.15) is 24.0 Å². The van der Waals surface area contributed by atoms with E-state index in [2.05, 4.69) is 21.3 Å². The van der Waals surface area contributed by atoms with Gasteiger partial charge in [-0.25, -0.2) is 9.37 Å². The van der Waals surface area contributed by atoms with Gasteiger partial charge in [0.05, 0.1) is 0 Å². The molecule has 0 aliphatic heterocycles. The first-order valence-electron chi connectivity index (χ1n) is 7.34. The van der Waals surface area contributed by atoms with E-state index in [1.165, 1.54) is 30.5 Å². The Morgan fingerprint density at radius 1 is 1.19 bits per heavy atom. The molecular formula is C17H20FN3. The third-order valence-corrected chi connectivity index (χ3v) is 3.71. The van der Waals surface area contributed by atoms with E-state index in [1.807, 2.05) is 31.4 Å². The fraction of sp³-hybridized carbons (Fsp3) is 0.353. The first kappa shape index (κ1) is 14.0. The molecule has 3 rings (SSSR count). The lowest BCUT2D eigenvalue weighted by Gasteiger charge is -2.19. The number of halogens is 1. The average Bonchev–Trinajstić information content (AvgIpc) is 3.32. The molecule has 0 saturated heterocycles. The number of hydrogen-bond donors (Lipinski definition) is 1. The molecule has 110 valence electrons. The Balaban J connectivity index is 1.63. The highest BCUT2D eigenvalue weighted by Crippen LogP contribution is 2.20. The van der Waals surface area contributed by atoms with Gasteiger partial charge in [0.15, 0.2) is 0 Å². The van der Waals surface area contributed by atoms with E-state index >= 15 is 0 Å². The lowest BCUT2D eigenvalue weighted by molar-refractivity contribution is 0.627. The molecule has 1 saturated carbocycles. The molecule has 0 bridgehead atoms. The molecule has 21 heavy (non-hydrogen) atoms. The third kappa shape index (κ3) is 4.02. The summed E-state index contributed by atoms with van der Waals surface area (Å²) in [5.41, 5.74) is 2.32. The molecule has 1 aliphatic carbocycles. The molecule has 1 N–H and O–H groups in total. The molecule has 0 atom stereocenters. The summed E-state index contributed by atoms with van der Waals surface area (Å²) >= 11 is 0. The van der Waals surface area contributed by atoms with Gasteiger partial charge in [-0.1, -0.05) is 12.1 Å². The van der Waals surface area contributed by atoms with Crippen molar-refractivity contribution >= 4 is 5.82 Å². The molecule has 1 fully saturated rings. The highest BCUT2D eigenvalue weighted by molar-refractivity contribution is 5.41. The number of aromatic nitrogens is 1. The van der Waals surface area contributed by atoms with Crippen molar-refractivity contribution in [3.63, 3.8) is 0 Å². The lowest BCUT2D eigenvalue weighted by Crippen LogP contribution is -2.19. The Morgan fingerprint density at radius 2 is 1.95 bits per heavy atom. The molecule has 0 spiro atoms. The van der Waals surface area contributed by atoms with Gasteiger partial charge >= 0.3 is 0 Å². The van der Waals surface area contributed by atoms with Crippen molar-refractivity contribution in [2.24, 2.45) is 0 Å². The van der Waals surface area contributed by atoms with Crippen LogP contribution in [-0.2, 0) is 13.1 Å². The van der Waals surface area contributed by atoms with Crippen molar-refractivity contribution in [2.45, 2.75) is 32.0 Å². The van der Waals surface area contributed by atoms with E-state index < -0.39 is 0 Å². The zero-order valence-corrected chi connectivity index (χ0v) is 12.2. The molecular weight excluding hydrogens is 265 g/mol. The molecule has 1 heterocycles. The van der Waals surface area contributed by atoms with Gasteiger partial charge in [-0.3, -0.25) is 0 Å². The van der Waals surface area contributed by atoms with Crippen LogP contribution in [0.15, 0.2) is 42.6 Å². The second-order valence-corrected chi connectivity index (χ2v) is 5.66. The molecule has 1 aromatic carbocycles. The van der Waals surface area contributed by atoms with Crippen molar-refractivity contribution in [1.82, 2.24) is 10.3 Å². The van der Waals surface area contributed by atoms with Gasteiger partial charge < -0.3 is 10.2 Å². The monoisotopic (exact) mass is 285 g/mol. The van der Waals surface area contributed by atoms with Gasteiger partial charge in [0.25, 0.3) is 0 Å². The van der Waals surface area contributed by atoms with E-state index in [4.69, 9.17) is 0 Å². The number of benzene rings is 1. The number of hydrogen-bond acceptors (Lipinski definition) is 3. The summed E-state index contributed by atoms with van der Waals surface area (Å²) in [4.78, 5) is 6.50. The van der Waals surface area contributed by atoms with Crippen molar-refractivity contribution in [2.75, 3.05) is 11.9 Å². The molecule has 2 aromatic rings. The summed E-state index contributed by atoms with van der Waals surface area (Å²) in [6.07, 6.45) is 4.44. The molecule has 1 aliphatic rings. The lowest BCUT2D eigenvalue weighted by atomic mass is 10.2. The summed E-state index contributed by atoms with van der Waals surface area (Å²) in [5.74, 6) is 0.738. The van der Waals surface area contributed by atoms with Gasteiger partial charge in [-0.2, -0.15) is 0 Å². The van der Waals surface area contributed by atoms with E-state index in [9.17, 15) is 4.39 Å². The fourth-order valence-electron chi connectivity index (χ4n) is 2.27. The Kier molecular flexibility index (Phi) is 4.15. The summed E-state index contributed by atoms with van der Waals surface area (Å²) in [5, 5.41) is 3.51. The fourth-order valence-corrected chi connectivity index (χ4v) is 2.27. The summed E-state index contributed by atoms with van der Waals surface area (Å²) in [6.45, 7) is 1.61. The van der Waals surface area contributed by atoms with Crippen LogP contribution >= 0.6 is 0 Å². The van der Waals surface area contributed by atoms with Crippen LogP contribution in [0.4, 0.5) is 10.2 Å². The molecule has 3 nitrogen and oxygen atoms in total. The zero-order valence-electron chi connectivity index (χ0n) is 12.2. The molecule has 0 unspecified atom stereocenters. The summed E-state index contributed by atoms with van der Waals surface area (Å²) < 4.78 is 12.9. The summed E-state index contributed by atoms with van der Waals surface area (Å²) in [6, 6.07) is 11.5. The minimum absolute atomic E-state index is 0.201. The normalized spacial score (nSPS) is 14.2. The largest absolute Gasteiger partial charge is 0.355 e. The molecule has 0 radical (unpaired) electrons. The Hall–Kier alpha value is -1.94. The predicted octanol–water partition coefficient (Wildman–Crippen LogP) is 3.11. The smallest absolute Gasteiger partial charge is 0.128 e. The number of pyridine rings is 1. The Morgan fingerprint density at radius 3 is 2.67 bits per heavy atom. The maximum absolute atomic E-state index is 12.9. The van der Waals surface area contributed by atoms with Crippen LogP contribution in [-0.4, -0.2) is 18.1 Å². The second-order valence-electron chi connectivity index (χ2n) is 5.66. The Bertz CT molecular complexity index is 593. The molecule has 1 aromatic heterocycles. The van der Waals surface area contributed by atoms with Crippen molar-refractivity contribution in [3.8, 4) is 0 Å². The van der Waals surface area contributed by atoms with Crippen LogP contribution in [0.5, 0.6) is 0 Å². The van der Waals surface area contributed by atoms with Crippen LogP contribution < -0.4 is 10.2 Å². The van der Waals surface area contributed by atoms with Crippen molar-refractivity contribution in [3.05, 3.63) is 59.5 Å². The third-order valence-electron chi connectivity index (χ3n) is 3.71. The average molecular weight is 285 g/mol. The topological polar surface area (TPSA) is 28.2 Å². The van der Waals surface area contributed by atoms with Crippen LogP contribution in [0.25, 0.3) is 0 Å². The number of nitrogens with one attached hydrogen (secondary N) is 1.